The van der Waals surface area contributed by atoms with Crippen molar-refractivity contribution in [3.63, 3.8) is 0 Å². The Morgan fingerprint density at radius 3 is 2.95 bits per heavy atom. The summed E-state index contributed by atoms with van der Waals surface area (Å²) >= 11 is 8.98. The van der Waals surface area contributed by atoms with Crippen molar-refractivity contribution in [2.45, 2.75) is 34.7 Å². The van der Waals surface area contributed by atoms with Gasteiger partial charge in [0.1, 0.15) is 10.2 Å². The van der Waals surface area contributed by atoms with Crippen LogP contribution in [0, 0.1) is 0 Å². The average Bonchev–Trinajstić information content (AvgIpc) is 2.82. The van der Waals surface area contributed by atoms with Crippen molar-refractivity contribution < 1.29 is 14.7 Å². The molecule has 2 unspecified atom stereocenters. The summed E-state index contributed by atoms with van der Waals surface area (Å²) in [6, 6.07) is 0. The standard InChI is InChI=1S/C13H14ClN3O3S2/c1-6(18)17-3-2-7-8(4-17)22-12-10(7)11(14)15-13(16-12)21-5-9(19)20/h7-8H,2-5H2,1H3,(H,19,20). The normalized spacial score (nSPS) is 23.1. The van der Waals surface area contributed by atoms with Gasteiger partial charge in [0.05, 0.1) is 5.75 Å². The van der Waals surface area contributed by atoms with E-state index >= 15 is 0 Å². The first-order valence-corrected chi connectivity index (χ1v) is 9.04. The highest BCUT2D eigenvalue weighted by molar-refractivity contribution is 8.00. The number of hydrogen-bond acceptors (Lipinski definition) is 6. The summed E-state index contributed by atoms with van der Waals surface area (Å²) in [5, 5.41) is 10.6. The van der Waals surface area contributed by atoms with E-state index in [9.17, 15) is 9.59 Å². The Labute approximate surface area is 141 Å². The van der Waals surface area contributed by atoms with E-state index in [1.165, 1.54) is 0 Å². The summed E-state index contributed by atoms with van der Waals surface area (Å²) in [6.45, 7) is 3.00. The van der Waals surface area contributed by atoms with Gasteiger partial charge in [-0.05, 0) is 6.42 Å². The van der Waals surface area contributed by atoms with E-state index in [4.69, 9.17) is 16.7 Å². The van der Waals surface area contributed by atoms with Crippen molar-refractivity contribution in [3.8, 4) is 0 Å². The summed E-state index contributed by atoms with van der Waals surface area (Å²) in [5.41, 5.74) is 0.958. The van der Waals surface area contributed by atoms with Gasteiger partial charge in [-0.1, -0.05) is 23.4 Å². The number of rotatable bonds is 3. The van der Waals surface area contributed by atoms with E-state index in [1.54, 1.807) is 18.7 Å². The smallest absolute Gasteiger partial charge is 0.313 e. The molecule has 2 aliphatic heterocycles. The predicted molar refractivity (Wildman–Crippen MR) is 84.7 cm³/mol. The van der Waals surface area contributed by atoms with E-state index in [1.807, 2.05) is 4.90 Å². The SMILES string of the molecule is CC(=O)N1CCC2c3c(Cl)nc(SCC(=O)O)nc3SC2C1. The number of halogens is 1. The number of carbonyl (C=O) groups excluding carboxylic acids is 1. The highest BCUT2D eigenvalue weighted by Gasteiger charge is 2.41. The largest absolute Gasteiger partial charge is 0.481 e. The highest BCUT2D eigenvalue weighted by atomic mass is 35.5. The number of amides is 1. The topological polar surface area (TPSA) is 83.4 Å². The minimum atomic E-state index is -0.913. The molecule has 3 rings (SSSR count). The second kappa shape index (κ2) is 6.25. The van der Waals surface area contributed by atoms with Gasteiger partial charge in [0.25, 0.3) is 0 Å². The van der Waals surface area contributed by atoms with Gasteiger partial charge >= 0.3 is 5.97 Å². The second-order valence-electron chi connectivity index (χ2n) is 5.21. The zero-order chi connectivity index (χ0) is 15.9. The number of hydrogen-bond donors (Lipinski definition) is 1. The molecule has 1 saturated heterocycles. The maximum Gasteiger partial charge on any atom is 0.313 e. The van der Waals surface area contributed by atoms with E-state index < -0.39 is 5.97 Å². The first kappa shape index (κ1) is 15.9. The van der Waals surface area contributed by atoms with Gasteiger partial charge in [-0.25, -0.2) is 9.97 Å². The Bertz CT molecular complexity index is 643. The van der Waals surface area contributed by atoms with Gasteiger partial charge in [0.15, 0.2) is 5.16 Å². The molecule has 0 bridgehead atoms. The van der Waals surface area contributed by atoms with Gasteiger partial charge in [-0.15, -0.1) is 11.8 Å². The van der Waals surface area contributed by atoms with Crippen LogP contribution in [-0.4, -0.2) is 55.9 Å². The Morgan fingerprint density at radius 2 is 2.27 bits per heavy atom. The molecule has 0 aromatic carbocycles. The molecule has 6 nitrogen and oxygen atoms in total. The molecule has 2 atom stereocenters. The number of carboxylic acids is 1. The summed E-state index contributed by atoms with van der Waals surface area (Å²) in [6.07, 6.45) is 0.856. The Hall–Kier alpha value is -0.990. The number of likely N-dealkylation sites (tertiary alicyclic amines) is 1. The number of thioether (sulfide) groups is 2. The molecule has 0 spiro atoms. The lowest BCUT2D eigenvalue weighted by Gasteiger charge is -2.33. The Balaban J connectivity index is 1.82. The zero-order valence-electron chi connectivity index (χ0n) is 11.8. The van der Waals surface area contributed by atoms with Crippen molar-refractivity contribution in [1.29, 1.82) is 0 Å². The van der Waals surface area contributed by atoms with Crippen molar-refractivity contribution >= 4 is 47.0 Å². The molecule has 3 heterocycles. The highest BCUT2D eigenvalue weighted by Crippen LogP contribution is 2.50. The van der Waals surface area contributed by atoms with Crippen molar-refractivity contribution in [3.05, 3.63) is 10.7 Å². The van der Waals surface area contributed by atoms with E-state index in [2.05, 4.69) is 9.97 Å². The van der Waals surface area contributed by atoms with E-state index in [0.29, 0.717) is 16.9 Å². The fraction of sp³-hybridized carbons (Fsp3) is 0.538. The average molecular weight is 360 g/mol. The molecule has 118 valence electrons. The van der Waals surface area contributed by atoms with Crippen LogP contribution in [0.15, 0.2) is 10.2 Å². The van der Waals surface area contributed by atoms with Gasteiger partial charge in [-0.2, -0.15) is 0 Å². The predicted octanol–water partition coefficient (Wildman–Crippen LogP) is 2.12. The molecule has 0 radical (unpaired) electrons. The number of nitrogens with zero attached hydrogens (tertiary/aromatic N) is 3. The minimum absolute atomic E-state index is 0.0879. The Morgan fingerprint density at radius 1 is 1.50 bits per heavy atom. The third kappa shape index (κ3) is 3.04. The third-order valence-electron chi connectivity index (χ3n) is 3.81. The quantitative estimate of drug-likeness (QED) is 0.502. The molecule has 0 saturated carbocycles. The van der Waals surface area contributed by atoms with Crippen LogP contribution in [0.1, 0.15) is 24.8 Å². The molecule has 9 heteroatoms. The molecule has 1 fully saturated rings. The Kier molecular flexibility index (Phi) is 4.52. The van der Waals surface area contributed by atoms with Crippen LogP contribution in [0.25, 0.3) is 0 Å². The molecule has 1 aromatic rings. The molecule has 1 aromatic heterocycles. The maximum absolute atomic E-state index is 11.5. The van der Waals surface area contributed by atoms with Crippen molar-refractivity contribution in [1.82, 2.24) is 14.9 Å². The molecule has 1 N–H and O–H groups in total. The molecule has 22 heavy (non-hydrogen) atoms. The van der Waals surface area contributed by atoms with Gasteiger partial charge in [-0.3, -0.25) is 9.59 Å². The van der Waals surface area contributed by atoms with Crippen LogP contribution in [0.4, 0.5) is 0 Å². The van der Waals surface area contributed by atoms with Crippen LogP contribution in [0.3, 0.4) is 0 Å². The fourth-order valence-electron chi connectivity index (χ4n) is 2.79. The van der Waals surface area contributed by atoms with Crippen LogP contribution in [-0.2, 0) is 9.59 Å². The maximum atomic E-state index is 11.5. The van der Waals surface area contributed by atoms with Crippen LogP contribution >= 0.6 is 35.1 Å². The fourth-order valence-corrected chi connectivity index (χ4v) is 5.32. The lowest BCUT2D eigenvalue weighted by atomic mass is 9.91. The van der Waals surface area contributed by atoms with Crippen molar-refractivity contribution in [2.24, 2.45) is 0 Å². The molecular formula is C13H14ClN3O3S2. The van der Waals surface area contributed by atoms with E-state index in [0.717, 1.165) is 35.3 Å². The third-order valence-corrected chi connectivity index (χ3v) is 6.24. The lowest BCUT2D eigenvalue weighted by molar-refractivity contribution is -0.134. The number of aliphatic carboxylic acids is 1. The molecule has 1 amide bonds. The number of carboxylic acid groups (broad SMARTS) is 1. The summed E-state index contributed by atoms with van der Waals surface area (Å²) in [4.78, 5) is 32.7. The second-order valence-corrected chi connectivity index (χ2v) is 7.74. The van der Waals surface area contributed by atoms with Crippen molar-refractivity contribution in [2.75, 3.05) is 18.8 Å². The van der Waals surface area contributed by atoms with Crippen LogP contribution in [0.2, 0.25) is 5.15 Å². The monoisotopic (exact) mass is 359 g/mol. The summed E-state index contributed by atoms with van der Waals surface area (Å²) in [7, 11) is 0. The molecule has 2 aliphatic rings. The van der Waals surface area contributed by atoms with E-state index in [-0.39, 0.29) is 22.8 Å². The lowest BCUT2D eigenvalue weighted by Crippen LogP contribution is -2.42. The van der Waals surface area contributed by atoms with Crippen LogP contribution in [0.5, 0.6) is 0 Å². The number of piperidine rings is 1. The van der Waals surface area contributed by atoms with Gasteiger partial charge in [0, 0.05) is 36.7 Å². The summed E-state index contributed by atoms with van der Waals surface area (Å²) in [5.74, 6) is -0.653. The molecular weight excluding hydrogens is 346 g/mol. The zero-order valence-corrected chi connectivity index (χ0v) is 14.2. The number of carbonyl (C=O) groups is 2. The number of aromatic nitrogens is 2. The summed E-state index contributed by atoms with van der Waals surface area (Å²) < 4.78 is 0. The van der Waals surface area contributed by atoms with Gasteiger partial charge < -0.3 is 10.0 Å². The van der Waals surface area contributed by atoms with Crippen LogP contribution < -0.4 is 0 Å². The number of fused-ring (bicyclic) bond motifs is 3. The molecule has 0 aliphatic carbocycles. The first-order valence-electron chi connectivity index (χ1n) is 6.80. The van der Waals surface area contributed by atoms with Gasteiger partial charge in [0.2, 0.25) is 5.91 Å². The first-order chi connectivity index (χ1) is 10.5. The minimum Gasteiger partial charge on any atom is -0.481 e.